The maximum absolute atomic E-state index is 11.3. The monoisotopic (exact) mass is 215 g/mol. The Hall–Kier alpha value is -1.01. The van der Waals surface area contributed by atoms with E-state index < -0.39 is 11.9 Å². The van der Waals surface area contributed by atoms with Crippen LogP contribution in [0.15, 0.2) is 11.8 Å². The lowest BCUT2D eigenvalue weighted by atomic mass is 9.98. The molecule has 2 aliphatic heterocycles. The minimum absolute atomic E-state index is 0.0821. The van der Waals surface area contributed by atoms with Gasteiger partial charge in [0.05, 0.1) is 6.61 Å². The summed E-state index contributed by atoms with van der Waals surface area (Å²) in [5.41, 5.74) is 0.753. The second-order valence-electron chi connectivity index (χ2n) is 3.21. The van der Waals surface area contributed by atoms with Gasteiger partial charge in [-0.15, -0.1) is 11.8 Å². The van der Waals surface area contributed by atoms with Crippen molar-refractivity contribution in [1.82, 2.24) is 4.90 Å². The lowest BCUT2D eigenvalue weighted by Gasteiger charge is -2.45. The van der Waals surface area contributed by atoms with Crippen molar-refractivity contribution in [1.29, 1.82) is 0 Å². The van der Waals surface area contributed by atoms with Crippen molar-refractivity contribution in [3.8, 4) is 0 Å². The Morgan fingerprint density at radius 1 is 1.71 bits per heavy atom. The fraction of sp³-hybridized carbons (Fsp3) is 0.500. The van der Waals surface area contributed by atoms with Gasteiger partial charge in [0.15, 0.2) is 5.92 Å². The molecule has 0 spiro atoms. The highest BCUT2D eigenvalue weighted by Gasteiger charge is 2.52. The maximum atomic E-state index is 11.3. The first-order valence-corrected chi connectivity index (χ1v) is 5.17. The Balaban J connectivity index is 2.16. The smallest absolute Gasteiger partial charge is 0.319 e. The van der Waals surface area contributed by atoms with Gasteiger partial charge in [-0.25, -0.2) is 0 Å². The molecule has 1 saturated heterocycles. The van der Waals surface area contributed by atoms with Crippen LogP contribution in [0.4, 0.5) is 0 Å². The summed E-state index contributed by atoms with van der Waals surface area (Å²) in [4.78, 5) is 23.4. The van der Waals surface area contributed by atoms with Crippen LogP contribution in [0.5, 0.6) is 0 Å². The zero-order chi connectivity index (χ0) is 10.3. The van der Waals surface area contributed by atoms with Crippen molar-refractivity contribution in [2.24, 2.45) is 5.92 Å². The fourth-order valence-electron chi connectivity index (χ4n) is 1.54. The zero-order valence-electron chi connectivity index (χ0n) is 7.21. The molecular weight excluding hydrogens is 206 g/mol. The van der Waals surface area contributed by atoms with E-state index in [4.69, 9.17) is 10.2 Å². The molecule has 6 heteroatoms. The van der Waals surface area contributed by atoms with Crippen LogP contribution in [0.3, 0.4) is 0 Å². The fourth-order valence-corrected chi connectivity index (χ4v) is 2.84. The number of fused-ring (bicyclic) bond motifs is 1. The number of hydrogen-bond donors (Lipinski definition) is 2. The van der Waals surface area contributed by atoms with E-state index in [2.05, 4.69) is 0 Å². The predicted octanol–water partition coefficient (Wildman–Crippen LogP) is -0.522. The van der Waals surface area contributed by atoms with Crippen LogP contribution in [-0.4, -0.2) is 44.7 Å². The maximum Gasteiger partial charge on any atom is 0.319 e. The number of aliphatic hydroxyl groups is 1. The Bertz CT molecular complexity index is 327. The second kappa shape index (κ2) is 3.29. The highest BCUT2D eigenvalue weighted by molar-refractivity contribution is 8.00. The number of carbonyl (C=O) groups excluding carboxylic acids is 1. The first-order valence-electron chi connectivity index (χ1n) is 4.12. The van der Waals surface area contributed by atoms with E-state index in [1.807, 2.05) is 0 Å². The van der Waals surface area contributed by atoms with Gasteiger partial charge in [0.1, 0.15) is 5.37 Å². The Morgan fingerprint density at radius 3 is 3.00 bits per heavy atom. The molecule has 0 radical (unpaired) electrons. The second-order valence-corrected chi connectivity index (χ2v) is 4.31. The number of aliphatic hydroxyl groups excluding tert-OH is 1. The highest BCUT2D eigenvalue weighted by atomic mass is 32.2. The molecule has 2 rings (SSSR count). The van der Waals surface area contributed by atoms with Gasteiger partial charge in [0.25, 0.3) is 0 Å². The number of rotatable bonds is 2. The third-order valence-corrected chi connectivity index (χ3v) is 3.69. The third kappa shape index (κ3) is 1.22. The van der Waals surface area contributed by atoms with E-state index in [0.717, 1.165) is 5.57 Å². The molecule has 1 fully saturated rings. The summed E-state index contributed by atoms with van der Waals surface area (Å²) in [6.45, 7) is -0.0821. The molecule has 14 heavy (non-hydrogen) atoms. The number of aliphatic carboxylic acids is 1. The predicted molar refractivity (Wildman–Crippen MR) is 49.4 cm³/mol. The van der Waals surface area contributed by atoms with Gasteiger partial charge in [0.2, 0.25) is 5.91 Å². The quantitative estimate of drug-likeness (QED) is 0.478. The van der Waals surface area contributed by atoms with Crippen LogP contribution in [0, 0.1) is 5.92 Å². The first kappa shape index (κ1) is 9.54. The van der Waals surface area contributed by atoms with Crippen LogP contribution in [0.1, 0.15) is 0 Å². The van der Waals surface area contributed by atoms with Gasteiger partial charge in [-0.2, -0.15) is 0 Å². The number of carboxylic acids is 1. The third-order valence-electron chi connectivity index (χ3n) is 2.31. The molecule has 0 aliphatic carbocycles. The van der Waals surface area contributed by atoms with Crippen molar-refractivity contribution < 1.29 is 19.8 Å². The molecule has 2 atom stereocenters. The van der Waals surface area contributed by atoms with Crippen molar-refractivity contribution in [2.75, 3.05) is 12.4 Å². The molecule has 2 N–H and O–H groups in total. The average Bonchev–Trinajstić information content (AvgIpc) is 2.16. The molecule has 0 aromatic rings. The first-order chi connectivity index (χ1) is 6.65. The van der Waals surface area contributed by atoms with Crippen LogP contribution < -0.4 is 0 Å². The Labute approximate surface area is 84.4 Å². The van der Waals surface area contributed by atoms with Gasteiger partial charge in [-0.1, -0.05) is 0 Å². The van der Waals surface area contributed by atoms with Crippen molar-refractivity contribution in [3.63, 3.8) is 0 Å². The van der Waals surface area contributed by atoms with Gasteiger partial charge in [0, 0.05) is 12.0 Å². The van der Waals surface area contributed by atoms with E-state index >= 15 is 0 Å². The number of carboxylic acid groups (broad SMARTS) is 1. The summed E-state index contributed by atoms with van der Waals surface area (Å²) >= 11 is 1.38. The summed E-state index contributed by atoms with van der Waals surface area (Å²) < 4.78 is 0. The average molecular weight is 215 g/mol. The molecule has 5 nitrogen and oxygen atoms in total. The van der Waals surface area contributed by atoms with Crippen molar-refractivity contribution in [3.05, 3.63) is 11.8 Å². The summed E-state index contributed by atoms with van der Waals surface area (Å²) in [5, 5.41) is 17.3. The van der Waals surface area contributed by atoms with E-state index in [9.17, 15) is 9.59 Å². The molecule has 0 aromatic heterocycles. The van der Waals surface area contributed by atoms with Gasteiger partial charge < -0.3 is 15.1 Å². The zero-order valence-corrected chi connectivity index (χ0v) is 8.03. The number of β-lactam (4-membered cyclic amide) rings is 1. The van der Waals surface area contributed by atoms with Crippen LogP contribution in [0.2, 0.25) is 0 Å². The summed E-state index contributed by atoms with van der Waals surface area (Å²) in [6.07, 6.45) is 1.56. The SMILES string of the molecule is O=C(O)C1C(=O)N2C=C(CO)CS[C@@H]12. The molecule has 0 bridgehead atoms. The number of hydrogen-bond acceptors (Lipinski definition) is 4. The van der Waals surface area contributed by atoms with E-state index in [0.29, 0.717) is 5.75 Å². The van der Waals surface area contributed by atoms with Gasteiger partial charge >= 0.3 is 5.97 Å². The Morgan fingerprint density at radius 2 is 2.43 bits per heavy atom. The van der Waals surface area contributed by atoms with E-state index in [1.54, 1.807) is 6.20 Å². The molecule has 2 heterocycles. The minimum Gasteiger partial charge on any atom is -0.481 e. The lowest BCUT2D eigenvalue weighted by molar-refractivity contribution is -0.161. The van der Waals surface area contributed by atoms with Gasteiger partial charge in [-0.05, 0) is 5.57 Å². The van der Waals surface area contributed by atoms with Crippen LogP contribution >= 0.6 is 11.8 Å². The van der Waals surface area contributed by atoms with Crippen LogP contribution in [0.25, 0.3) is 0 Å². The number of nitrogens with zero attached hydrogens (tertiary/aromatic N) is 1. The largest absolute Gasteiger partial charge is 0.481 e. The normalized spacial score (nSPS) is 30.5. The highest BCUT2D eigenvalue weighted by Crippen LogP contribution is 2.39. The summed E-state index contributed by atoms with van der Waals surface area (Å²) in [6, 6.07) is 0. The topological polar surface area (TPSA) is 77.8 Å². The molecular formula is C8H9NO4S. The Kier molecular flexibility index (Phi) is 2.24. The van der Waals surface area contributed by atoms with Crippen molar-refractivity contribution >= 4 is 23.6 Å². The van der Waals surface area contributed by atoms with Crippen LogP contribution in [-0.2, 0) is 9.59 Å². The molecule has 0 aromatic carbocycles. The summed E-state index contributed by atoms with van der Waals surface area (Å²) in [7, 11) is 0. The molecule has 2 aliphatic rings. The minimum atomic E-state index is -1.07. The standard InChI is InChI=1S/C8H9NO4S/c10-2-4-1-9-6(11)5(8(12)13)7(9)14-3-4/h1,5,7,10H,2-3H2,(H,12,13)/t5?,7-/m0/s1. The number of carbonyl (C=O) groups is 2. The summed E-state index contributed by atoms with van der Waals surface area (Å²) in [5.74, 6) is -1.77. The van der Waals surface area contributed by atoms with E-state index in [-0.39, 0.29) is 17.9 Å². The van der Waals surface area contributed by atoms with Gasteiger partial charge in [-0.3, -0.25) is 9.59 Å². The van der Waals surface area contributed by atoms with E-state index in [1.165, 1.54) is 16.7 Å². The number of amides is 1. The van der Waals surface area contributed by atoms with Crippen molar-refractivity contribution in [2.45, 2.75) is 5.37 Å². The molecule has 76 valence electrons. The lowest BCUT2D eigenvalue weighted by Crippen LogP contribution is -2.61. The number of thioether (sulfide) groups is 1. The molecule has 1 unspecified atom stereocenters. The molecule has 1 amide bonds. The molecule has 0 saturated carbocycles.